The normalized spacial score (nSPS) is 53.9. The molecule has 32 heavy (non-hydrogen) atoms. The van der Waals surface area contributed by atoms with Crippen LogP contribution in [0.4, 0.5) is 0 Å². The number of aliphatic hydroxyl groups is 1. The molecule has 5 aliphatic carbocycles. The zero-order chi connectivity index (χ0) is 23.5. The molecule has 5 rings (SSSR count). The van der Waals surface area contributed by atoms with Crippen LogP contribution < -0.4 is 0 Å². The Hall–Kier alpha value is -0.630. The quantitative estimate of drug-likeness (QED) is 0.427. The Kier molecular flexibility index (Phi) is 4.71. The predicted octanol–water partition coefficient (Wildman–Crippen LogP) is 7.35. The van der Waals surface area contributed by atoms with E-state index in [1.807, 2.05) is 0 Å². The molecule has 0 aliphatic heterocycles. The van der Waals surface area contributed by atoms with Crippen molar-refractivity contribution in [1.82, 2.24) is 0 Å². The fourth-order valence-electron chi connectivity index (χ4n) is 10.3. The van der Waals surface area contributed by atoms with Gasteiger partial charge in [-0.05, 0) is 108 Å². The second-order valence-corrected chi connectivity index (χ2v) is 15.2. The molecule has 0 aromatic heterocycles. The van der Waals surface area contributed by atoms with E-state index in [1.165, 1.54) is 37.7 Å². The van der Waals surface area contributed by atoms with E-state index in [0.717, 1.165) is 25.7 Å². The maximum atomic E-state index is 14.2. The van der Waals surface area contributed by atoms with Crippen molar-refractivity contribution in [3.05, 3.63) is 11.6 Å². The number of carbonyl (C=O) groups excluding carboxylic acids is 1. The van der Waals surface area contributed by atoms with E-state index >= 15 is 0 Å². The number of hydrogen-bond acceptors (Lipinski definition) is 2. The van der Waals surface area contributed by atoms with Gasteiger partial charge < -0.3 is 5.11 Å². The van der Waals surface area contributed by atoms with Gasteiger partial charge in [0.05, 0.1) is 6.10 Å². The van der Waals surface area contributed by atoms with Gasteiger partial charge in [-0.1, -0.05) is 61.0 Å². The van der Waals surface area contributed by atoms with Crippen molar-refractivity contribution in [3.63, 3.8) is 0 Å². The Bertz CT molecular complexity index is 866. The molecule has 180 valence electrons. The lowest BCUT2D eigenvalue weighted by molar-refractivity contribution is -0.202. The second-order valence-electron chi connectivity index (χ2n) is 15.2. The van der Waals surface area contributed by atoms with Crippen LogP contribution >= 0.6 is 0 Å². The molecule has 0 aromatic carbocycles. The SMILES string of the molecule is CC1(C)CC[C@]2(C)CC[C@]3(C)C(=CC(=O)[C@@H]4[C@@]5(C)CCC(O)C(C)(C)C5CC[C@]43C)[C@H]2C1. The molecule has 0 radical (unpaired) electrons. The summed E-state index contributed by atoms with van der Waals surface area (Å²) in [7, 11) is 0. The van der Waals surface area contributed by atoms with Gasteiger partial charge in [-0.25, -0.2) is 0 Å². The van der Waals surface area contributed by atoms with E-state index < -0.39 is 0 Å². The smallest absolute Gasteiger partial charge is 0.159 e. The van der Waals surface area contributed by atoms with Crippen molar-refractivity contribution in [2.45, 2.75) is 119 Å². The molecule has 0 heterocycles. The van der Waals surface area contributed by atoms with Crippen molar-refractivity contribution in [3.8, 4) is 0 Å². The van der Waals surface area contributed by atoms with Crippen LogP contribution in [0.1, 0.15) is 113 Å². The van der Waals surface area contributed by atoms with E-state index in [4.69, 9.17) is 0 Å². The lowest BCUT2D eigenvalue weighted by atomic mass is 9.33. The third kappa shape index (κ3) is 2.71. The van der Waals surface area contributed by atoms with Gasteiger partial charge in [0.15, 0.2) is 5.78 Å². The summed E-state index contributed by atoms with van der Waals surface area (Å²) in [6, 6.07) is 0. The average molecular weight is 441 g/mol. The highest BCUT2D eigenvalue weighted by molar-refractivity contribution is 5.95. The minimum Gasteiger partial charge on any atom is -0.393 e. The lowest BCUT2D eigenvalue weighted by Gasteiger charge is -2.70. The Morgan fingerprint density at radius 2 is 1.50 bits per heavy atom. The van der Waals surface area contributed by atoms with Gasteiger partial charge in [-0.3, -0.25) is 4.79 Å². The van der Waals surface area contributed by atoms with Gasteiger partial charge in [0.25, 0.3) is 0 Å². The number of hydrogen-bond donors (Lipinski definition) is 1. The van der Waals surface area contributed by atoms with Crippen LogP contribution in [-0.4, -0.2) is 17.0 Å². The highest BCUT2D eigenvalue weighted by atomic mass is 16.3. The Balaban J connectivity index is 1.63. The molecule has 4 saturated carbocycles. The number of carbonyl (C=O) groups is 1. The van der Waals surface area contributed by atoms with Crippen molar-refractivity contribution in [2.75, 3.05) is 0 Å². The van der Waals surface area contributed by atoms with E-state index in [1.54, 1.807) is 0 Å². The number of aliphatic hydroxyl groups excluding tert-OH is 1. The molecule has 0 bridgehead atoms. The van der Waals surface area contributed by atoms with Crippen LogP contribution in [0.15, 0.2) is 11.6 Å². The van der Waals surface area contributed by atoms with Gasteiger partial charge in [0.1, 0.15) is 0 Å². The van der Waals surface area contributed by atoms with Gasteiger partial charge in [-0.2, -0.15) is 0 Å². The summed E-state index contributed by atoms with van der Waals surface area (Å²) in [5.41, 5.74) is 2.29. The first-order valence-corrected chi connectivity index (χ1v) is 13.5. The van der Waals surface area contributed by atoms with Gasteiger partial charge in [-0.15, -0.1) is 0 Å². The third-order valence-electron chi connectivity index (χ3n) is 12.8. The molecule has 0 aromatic rings. The van der Waals surface area contributed by atoms with Crippen molar-refractivity contribution < 1.29 is 9.90 Å². The first-order valence-electron chi connectivity index (χ1n) is 13.5. The first kappa shape index (κ1) is 23.1. The Labute approximate surface area is 197 Å². The second kappa shape index (κ2) is 6.52. The molecule has 0 amide bonds. The largest absolute Gasteiger partial charge is 0.393 e. The number of rotatable bonds is 0. The maximum absolute atomic E-state index is 14.2. The first-order chi connectivity index (χ1) is 14.6. The fraction of sp³-hybridized carbons (Fsp3) is 0.900. The Morgan fingerprint density at radius 1 is 0.844 bits per heavy atom. The molecule has 2 heteroatoms. The van der Waals surface area contributed by atoms with Crippen molar-refractivity contribution in [1.29, 1.82) is 0 Å². The van der Waals surface area contributed by atoms with Crippen molar-refractivity contribution >= 4 is 5.78 Å². The summed E-state index contributed by atoms with van der Waals surface area (Å²) in [6.45, 7) is 19.4. The zero-order valence-corrected chi connectivity index (χ0v) is 22.1. The topological polar surface area (TPSA) is 37.3 Å². The predicted molar refractivity (Wildman–Crippen MR) is 131 cm³/mol. The fourth-order valence-corrected chi connectivity index (χ4v) is 10.3. The molecule has 5 aliphatic rings. The summed E-state index contributed by atoms with van der Waals surface area (Å²) >= 11 is 0. The summed E-state index contributed by atoms with van der Waals surface area (Å²) in [6.07, 6.45) is 12.4. The molecular formula is C30H48O2. The molecule has 4 fully saturated rings. The van der Waals surface area contributed by atoms with Gasteiger partial charge in [0, 0.05) is 5.92 Å². The van der Waals surface area contributed by atoms with Crippen LogP contribution in [0.3, 0.4) is 0 Å². The van der Waals surface area contributed by atoms with Gasteiger partial charge >= 0.3 is 0 Å². The average Bonchev–Trinajstić information content (AvgIpc) is 2.68. The molecule has 1 N–H and O–H groups in total. The Morgan fingerprint density at radius 3 is 2.19 bits per heavy atom. The summed E-state index contributed by atoms with van der Waals surface area (Å²) in [4.78, 5) is 14.2. The zero-order valence-electron chi connectivity index (χ0n) is 22.1. The minimum atomic E-state index is -0.245. The van der Waals surface area contributed by atoms with Crippen molar-refractivity contribution in [2.24, 2.45) is 50.2 Å². The summed E-state index contributed by atoms with van der Waals surface area (Å²) in [5.74, 6) is 1.49. The van der Waals surface area contributed by atoms with E-state index in [0.29, 0.717) is 28.4 Å². The summed E-state index contributed by atoms with van der Waals surface area (Å²) < 4.78 is 0. The molecule has 0 saturated heterocycles. The lowest BCUT2D eigenvalue weighted by Crippen LogP contribution is -2.66. The monoisotopic (exact) mass is 440 g/mol. The van der Waals surface area contributed by atoms with Gasteiger partial charge in [0.2, 0.25) is 0 Å². The standard InChI is InChI=1S/C30H48O2/c1-25(2)13-14-27(5)15-16-29(7)19(20(27)18-25)17-21(31)24-28(6)11-10-23(32)26(3,4)22(28)9-12-30(24,29)8/h17,20,22-24,32H,9-16,18H2,1-8H3/t20-,22?,23?,24-,27-,28+,29-,30-/m1/s1. The summed E-state index contributed by atoms with van der Waals surface area (Å²) in [5, 5.41) is 10.9. The highest BCUT2D eigenvalue weighted by Crippen LogP contribution is 2.75. The number of ketones is 1. The maximum Gasteiger partial charge on any atom is 0.159 e. The molecule has 8 atom stereocenters. The van der Waals surface area contributed by atoms with Crippen LogP contribution in [0.2, 0.25) is 0 Å². The third-order valence-corrected chi connectivity index (χ3v) is 12.8. The molecular weight excluding hydrogens is 392 g/mol. The van der Waals surface area contributed by atoms with E-state index in [9.17, 15) is 9.90 Å². The molecule has 0 spiro atoms. The minimum absolute atomic E-state index is 0.00948. The number of fused-ring (bicyclic) bond motifs is 7. The van der Waals surface area contributed by atoms with Crippen LogP contribution in [-0.2, 0) is 4.79 Å². The van der Waals surface area contributed by atoms with E-state index in [-0.39, 0.29) is 33.7 Å². The number of allylic oxidation sites excluding steroid dienone is 2. The molecule has 2 nitrogen and oxygen atoms in total. The van der Waals surface area contributed by atoms with E-state index in [2.05, 4.69) is 61.5 Å². The van der Waals surface area contributed by atoms with Crippen LogP contribution in [0, 0.1) is 50.2 Å². The van der Waals surface area contributed by atoms with Crippen LogP contribution in [0.25, 0.3) is 0 Å². The van der Waals surface area contributed by atoms with Crippen LogP contribution in [0.5, 0.6) is 0 Å². The molecule has 2 unspecified atom stereocenters. The highest BCUT2D eigenvalue weighted by Gasteiger charge is 2.69.